The molecule has 0 radical (unpaired) electrons. The van der Waals surface area contributed by atoms with Gasteiger partial charge in [0.1, 0.15) is 0 Å². The normalized spacial score (nSPS) is 10.1. The maximum Gasteiger partial charge on any atom is 0.251 e. The summed E-state index contributed by atoms with van der Waals surface area (Å²) in [6.07, 6.45) is 0. The maximum absolute atomic E-state index is 11.8. The Kier molecular flexibility index (Phi) is 5.20. The number of carbonyl (C=O) groups is 1. The molecule has 0 aliphatic carbocycles. The number of nitrogens with one attached hydrogen (secondary N) is 1. The monoisotopic (exact) mass is 249 g/mol. The first kappa shape index (κ1) is 14.1. The van der Waals surface area contributed by atoms with Crippen LogP contribution < -0.4 is 16.8 Å². The lowest BCUT2D eigenvalue weighted by molar-refractivity contribution is 0.0927. The van der Waals surface area contributed by atoms with Gasteiger partial charge in [-0.25, -0.2) is 0 Å². The highest BCUT2D eigenvalue weighted by atomic mass is 16.5. The summed E-state index contributed by atoms with van der Waals surface area (Å²) < 4.78 is 5.27. The number of carbonyl (C=O) groups excluding carboxylic acids is 1. The predicted molar refractivity (Wildman–Crippen MR) is 73.2 cm³/mol. The molecule has 0 spiro atoms. The fourth-order valence-corrected chi connectivity index (χ4v) is 1.39. The zero-order valence-electron chi connectivity index (χ0n) is 10.5. The van der Waals surface area contributed by atoms with E-state index in [2.05, 4.69) is 11.9 Å². The van der Waals surface area contributed by atoms with Gasteiger partial charge in [0.15, 0.2) is 0 Å². The molecule has 0 saturated heterocycles. The van der Waals surface area contributed by atoms with Crippen LogP contribution in [0.2, 0.25) is 0 Å². The highest BCUT2D eigenvalue weighted by molar-refractivity contribution is 5.96. The van der Waals surface area contributed by atoms with Gasteiger partial charge < -0.3 is 21.5 Å². The van der Waals surface area contributed by atoms with Crippen LogP contribution in [-0.2, 0) is 4.74 Å². The van der Waals surface area contributed by atoms with Crippen LogP contribution in [0.3, 0.4) is 0 Å². The zero-order chi connectivity index (χ0) is 13.5. The van der Waals surface area contributed by atoms with Crippen LogP contribution in [0, 0.1) is 0 Å². The Labute approximate surface area is 107 Å². The van der Waals surface area contributed by atoms with Crippen LogP contribution in [0.15, 0.2) is 30.4 Å². The first-order chi connectivity index (χ1) is 8.49. The van der Waals surface area contributed by atoms with Gasteiger partial charge in [-0.05, 0) is 25.1 Å². The molecule has 1 amide bonds. The third-order valence-corrected chi connectivity index (χ3v) is 2.12. The van der Waals surface area contributed by atoms with E-state index in [1.54, 1.807) is 18.2 Å². The van der Waals surface area contributed by atoms with Crippen LogP contribution in [0.1, 0.15) is 17.3 Å². The van der Waals surface area contributed by atoms with Crippen LogP contribution >= 0.6 is 0 Å². The van der Waals surface area contributed by atoms with E-state index in [0.717, 1.165) is 5.57 Å². The van der Waals surface area contributed by atoms with Gasteiger partial charge in [0.25, 0.3) is 5.91 Å². The van der Waals surface area contributed by atoms with Crippen LogP contribution in [0.25, 0.3) is 0 Å². The summed E-state index contributed by atoms with van der Waals surface area (Å²) >= 11 is 0. The minimum absolute atomic E-state index is 0.215. The highest BCUT2D eigenvalue weighted by Gasteiger charge is 2.06. The van der Waals surface area contributed by atoms with E-state index in [9.17, 15) is 4.79 Å². The number of hydrogen-bond acceptors (Lipinski definition) is 4. The number of anilines is 2. The molecule has 0 aliphatic rings. The van der Waals surface area contributed by atoms with Crippen molar-refractivity contribution in [3.8, 4) is 0 Å². The summed E-state index contributed by atoms with van der Waals surface area (Å²) in [4.78, 5) is 11.8. The van der Waals surface area contributed by atoms with E-state index in [0.29, 0.717) is 36.7 Å². The largest absolute Gasteiger partial charge is 0.399 e. The quantitative estimate of drug-likeness (QED) is 0.401. The summed E-state index contributed by atoms with van der Waals surface area (Å²) in [7, 11) is 0. The molecule has 0 aromatic heterocycles. The summed E-state index contributed by atoms with van der Waals surface area (Å²) in [5, 5.41) is 2.72. The highest BCUT2D eigenvalue weighted by Crippen LogP contribution is 2.13. The van der Waals surface area contributed by atoms with Crippen LogP contribution in [0.5, 0.6) is 0 Å². The molecule has 1 aromatic carbocycles. The molecule has 1 rings (SSSR count). The van der Waals surface area contributed by atoms with Crippen molar-refractivity contribution in [1.82, 2.24) is 5.32 Å². The van der Waals surface area contributed by atoms with E-state index < -0.39 is 0 Å². The topological polar surface area (TPSA) is 90.4 Å². The van der Waals surface area contributed by atoms with Crippen molar-refractivity contribution in [3.05, 3.63) is 35.9 Å². The second-order valence-corrected chi connectivity index (χ2v) is 4.15. The second-order valence-electron chi connectivity index (χ2n) is 4.15. The number of hydrogen-bond donors (Lipinski definition) is 3. The Morgan fingerprint density at radius 2 is 1.94 bits per heavy atom. The van der Waals surface area contributed by atoms with Gasteiger partial charge >= 0.3 is 0 Å². The number of nitrogens with two attached hydrogens (primary N) is 2. The molecule has 1 aromatic rings. The maximum atomic E-state index is 11.8. The van der Waals surface area contributed by atoms with Crippen molar-refractivity contribution in [1.29, 1.82) is 0 Å². The molecule has 0 unspecified atom stereocenters. The van der Waals surface area contributed by atoms with E-state index in [4.69, 9.17) is 16.2 Å². The van der Waals surface area contributed by atoms with Crippen LogP contribution in [-0.4, -0.2) is 25.7 Å². The Morgan fingerprint density at radius 3 is 2.50 bits per heavy atom. The smallest absolute Gasteiger partial charge is 0.251 e. The minimum atomic E-state index is -0.215. The minimum Gasteiger partial charge on any atom is -0.399 e. The van der Waals surface area contributed by atoms with Crippen molar-refractivity contribution in [3.63, 3.8) is 0 Å². The van der Waals surface area contributed by atoms with E-state index in [1.807, 2.05) is 6.92 Å². The zero-order valence-corrected chi connectivity index (χ0v) is 10.5. The molecule has 5 heteroatoms. The van der Waals surface area contributed by atoms with Gasteiger partial charge in [0.05, 0.1) is 13.2 Å². The van der Waals surface area contributed by atoms with E-state index >= 15 is 0 Å². The summed E-state index contributed by atoms with van der Waals surface area (Å²) in [5.74, 6) is -0.215. The summed E-state index contributed by atoms with van der Waals surface area (Å²) in [6.45, 7) is 6.97. The van der Waals surface area contributed by atoms with Crippen molar-refractivity contribution in [2.45, 2.75) is 6.92 Å². The summed E-state index contributed by atoms with van der Waals surface area (Å²) in [5.41, 5.74) is 13.6. The lowest BCUT2D eigenvalue weighted by Crippen LogP contribution is -2.27. The van der Waals surface area contributed by atoms with Crippen LogP contribution in [0.4, 0.5) is 11.4 Å². The fraction of sp³-hybridized carbons (Fsp3) is 0.308. The molecule has 5 N–H and O–H groups in total. The Morgan fingerprint density at radius 1 is 1.33 bits per heavy atom. The molecule has 5 nitrogen and oxygen atoms in total. The first-order valence-electron chi connectivity index (χ1n) is 5.65. The standard InChI is InChI=1S/C13H19N3O2/c1-9(2)8-18-4-3-16-13(17)10-5-11(14)7-12(15)6-10/h5-7H,1,3-4,8,14-15H2,2H3,(H,16,17). The van der Waals surface area contributed by atoms with Gasteiger partial charge in [0, 0.05) is 23.5 Å². The third-order valence-electron chi connectivity index (χ3n) is 2.12. The van der Waals surface area contributed by atoms with Gasteiger partial charge in [-0.1, -0.05) is 12.2 Å². The lowest BCUT2D eigenvalue weighted by atomic mass is 10.1. The van der Waals surface area contributed by atoms with E-state index in [-0.39, 0.29) is 5.91 Å². The average molecular weight is 249 g/mol. The fourth-order valence-electron chi connectivity index (χ4n) is 1.39. The van der Waals surface area contributed by atoms with Crippen molar-refractivity contribution in [2.75, 3.05) is 31.2 Å². The predicted octanol–water partition coefficient (Wildman–Crippen LogP) is 1.17. The van der Waals surface area contributed by atoms with E-state index in [1.165, 1.54) is 0 Å². The van der Waals surface area contributed by atoms with Crippen molar-refractivity contribution in [2.24, 2.45) is 0 Å². The van der Waals surface area contributed by atoms with Gasteiger partial charge in [-0.15, -0.1) is 0 Å². The number of ether oxygens (including phenoxy) is 1. The van der Waals surface area contributed by atoms with Crippen molar-refractivity contribution < 1.29 is 9.53 Å². The Hall–Kier alpha value is -2.01. The second kappa shape index (κ2) is 6.66. The van der Waals surface area contributed by atoms with Gasteiger partial charge in [-0.3, -0.25) is 4.79 Å². The van der Waals surface area contributed by atoms with Crippen molar-refractivity contribution >= 4 is 17.3 Å². The molecule has 98 valence electrons. The molecular weight excluding hydrogens is 230 g/mol. The third kappa shape index (κ3) is 4.88. The lowest BCUT2D eigenvalue weighted by Gasteiger charge is -2.07. The number of nitrogen functional groups attached to an aromatic ring is 2. The SMILES string of the molecule is C=C(C)COCCNC(=O)c1cc(N)cc(N)c1. The molecule has 0 bridgehead atoms. The molecule has 18 heavy (non-hydrogen) atoms. The average Bonchev–Trinajstić information content (AvgIpc) is 2.26. The number of amides is 1. The molecule has 0 aliphatic heterocycles. The number of benzene rings is 1. The molecule has 0 saturated carbocycles. The van der Waals surface area contributed by atoms with Gasteiger partial charge in [0.2, 0.25) is 0 Å². The summed E-state index contributed by atoms with van der Waals surface area (Å²) in [6, 6.07) is 4.77. The molecule has 0 heterocycles. The molecule has 0 atom stereocenters. The Bertz CT molecular complexity index is 424. The number of rotatable bonds is 6. The Balaban J connectivity index is 2.38. The molecular formula is C13H19N3O2. The van der Waals surface area contributed by atoms with Gasteiger partial charge in [-0.2, -0.15) is 0 Å². The first-order valence-corrected chi connectivity index (χ1v) is 5.65. The molecule has 0 fully saturated rings.